The third-order valence-electron chi connectivity index (χ3n) is 5.33. The molecule has 0 N–H and O–H groups in total. The molecule has 0 saturated carbocycles. The molecular formula is C28H18FN3O3S3. The molecule has 6 rings (SSSR count). The predicted octanol–water partition coefficient (Wildman–Crippen LogP) is 8.69. The van der Waals surface area contributed by atoms with E-state index in [-0.39, 0.29) is 34.7 Å². The predicted molar refractivity (Wildman–Crippen MR) is 147 cm³/mol. The molecule has 0 aliphatic carbocycles. The van der Waals surface area contributed by atoms with E-state index >= 15 is 4.39 Å². The van der Waals surface area contributed by atoms with Crippen molar-refractivity contribution < 1.29 is 18.6 Å². The Morgan fingerprint density at radius 1 is 0.474 bits per heavy atom. The van der Waals surface area contributed by atoms with Gasteiger partial charge in [-0.15, -0.1) is 34.0 Å². The molecular weight excluding hydrogens is 542 g/mol. The Morgan fingerprint density at radius 2 is 0.816 bits per heavy atom. The van der Waals surface area contributed by atoms with Crippen molar-refractivity contribution in [3.63, 3.8) is 0 Å². The van der Waals surface area contributed by atoms with Crippen molar-refractivity contribution in [3.8, 4) is 32.8 Å². The first kappa shape index (κ1) is 24.2. The van der Waals surface area contributed by atoms with E-state index in [2.05, 4.69) is 15.0 Å². The minimum absolute atomic E-state index is 0.0631. The van der Waals surface area contributed by atoms with Crippen molar-refractivity contribution in [2.45, 2.75) is 5.67 Å². The van der Waals surface area contributed by atoms with Crippen LogP contribution in [0.2, 0.25) is 0 Å². The summed E-state index contributed by atoms with van der Waals surface area (Å²) >= 11 is 4.26. The van der Waals surface area contributed by atoms with Crippen LogP contribution in [0.5, 0.6) is 32.8 Å². The lowest BCUT2D eigenvalue weighted by atomic mass is 9.91. The Hall–Kier alpha value is -4.12. The monoisotopic (exact) mass is 559 g/mol. The normalized spacial score (nSPS) is 11.3. The number of halogens is 1. The van der Waals surface area contributed by atoms with Gasteiger partial charge in [0, 0.05) is 18.2 Å². The Morgan fingerprint density at radius 3 is 1.11 bits per heavy atom. The summed E-state index contributed by atoms with van der Waals surface area (Å²) in [6, 6.07) is 25.9. The zero-order chi connectivity index (χ0) is 25.8. The zero-order valence-electron chi connectivity index (χ0n) is 19.6. The standard InChI is InChI=1S/C28H18FN3O3S3/c29-28(19-7-1-10-22(30-19)33-25-13-4-16-36-25,20-8-2-11-23(31-20)34-26-14-5-17-37-26)21-9-3-12-24(32-21)35-27-15-6-18-38-27/h1-18H. The van der Waals surface area contributed by atoms with Gasteiger partial charge in [-0.3, -0.25) is 0 Å². The van der Waals surface area contributed by atoms with Crippen LogP contribution in [0.4, 0.5) is 4.39 Å². The average Bonchev–Trinajstić information content (AvgIpc) is 3.74. The maximum Gasteiger partial charge on any atom is 0.236 e. The number of hydrogen-bond donors (Lipinski definition) is 0. The van der Waals surface area contributed by atoms with Crippen molar-refractivity contribution in [2.75, 3.05) is 0 Å². The highest BCUT2D eigenvalue weighted by Crippen LogP contribution is 2.41. The molecule has 0 aliphatic rings. The summed E-state index contributed by atoms with van der Waals surface area (Å²) in [6.07, 6.45) is 0. The molecule has 0 aliphatic heterocycles. The van der Waals surface area contributed by atoms with Gasteiger partial charge in [-0.05, 0) is 70.7 Å². The quantitative estimate of drug-likeness (QED) is 0.177. The van der Waals surface area contributed by atoms with E-state index in [1.165, 1.54) is 34.0 Å². The summed E-state index contributed by atoms with van der Waals surface area (Å²) in [4.78, 5) is 13.6. The summed E-state index contributed by atoms with van der Waals surface area (Å²) in [5.74, 6) is 0.761. The van der Waals surface area contributed by atoms with Crippen LogP contribution in [0.3, 0.4) is 0 Å². The molecule has 0 amide bonds. The van der Waals surface area contributed by atoms with Crippen molar-refractivity contribution in [1.29, 1.82) is 0 Å². The van der Waals surface area contributed by atoms with Crippen LogP contribution in [-0.4, -0.2) is 15.0 Å². The largest absolute Gasteiger partial charge is 0.428 e. The van der Waals surface area contributed by atoms with Crippen LogP contribution in [0.25, 0.3) is 0 Å². The molecule has 188 valence electrons. The molecule has 0 saturated heterocycles. The van der Waals surface area contributed by atoms with E-state index in [1.54, 1.807) is 54.6 Å². The zero-order valence-corrected chi connectivity index (χ0v) is 22.0. The maximum atomic E-state index is 17.6. The van der Waals surface area contributed by atoms with Gasteiger partial charge in [-0.25, -0.2) is 19.3 Å². The Balaban J connectivity index is 1.44. The Labute approximate surface area is 229 Å². The molecule has 6 aromatic heterocycles. The highest BCUT2D eigenvalue weighted by Gasteiger charge is 2.42. The van der Waals surface area contributed by atoms with Crippen molar-refractivity contribution >= 4 is 34.0 Å². The fraction of sp³-hybridized carbons (Fsp3) is 0.0357. The first-order chi connectivity index (χ1) is 18.7. The molecule has 10 heteroatoms. The fourth-order valence-electron chi connectivity index (χ4n) is 3.66. The van der Waals surface area contributed by atoms with Gasteiger partial charge in [0.1, 0.15) is 0 Å². The van der Waals surface area contributed by atoms with E-state index in [9.17, 15) is 0 Å². The number of alkyl halides is 1. The molecule has 0 radical (unpaired) electrons. The van der Waals surface area contributed by atoms with E-state index in [0.29, 0.717) is 15.2 Å². The van der Waals surface area contributed by atoms with Crippen LogP contribution >= 0.6 is 34.0 Å². The number of thiophene rings is 3. The van der Waals surface area contributed by atoms with Crippen molar-refractivity contribution in [2.24, 2.45) is 0 Å². The number of rotatable bonds is 9. The van der Waals surface area contributed by atoms with Gasteiger partial charge in [0.25, 0.3) is 0 Å². The molecule has 0 fully saturated rings. The Kier molecular flexibility index (Phi) is 6.82. The third-order valence-corrected chi connectivity index (χ3v) is 7.57. The van der Waals surface area contributed by atoms with Gasteiger partial charge in [-0.2, -0.15) is 0 Å². The van der Waals surface area contributed by atoms with Gasteiger partial charge < -0.3 is 14.2 Å². The Bertz CT molecular complexity index is 1430. The number of nitrogens with zero attached hydrogens (tertiary/aromatic N) is 3. The van der Waals surface area contributed by atoms with Crippen LogP contribution in [0, 0.1) is 0 Å². The lowest BCUT2D eigenvalue weighted by molar-refractivity contribution is 0.252. The maximum absolute atomic E-state index is 17.6. The lowest BCUT2D eigenvalue weighted by Gasteiger charge is -2.25. The van der Waals surface area contributed by atoms with Gasteiger partial charge in [0.05, 0.1) is 17.1 Å². The number of ether oxygens (including phenoxy) is 3. The highest BCUT2D eigenvalue weighted by atomic mass is 32.1. The van der Waals surface area contributed by atoms with Crippen molar-refractivity contribution in [3.05, 3.63) is 124 Å². The fourth-order valence-corrected chi connectivity index (χ4v) is 5.40. The average molecular weight is 560 g/mol. The molecule has 0 unspecified atom stereocenters. The van der Waals surface area contributed by atoms with Gasteiger partial charge >= 0.3 is 0 Å². The molecule has 0 aromatic carbocycles. The summed E-state index contributed by atoms with van der Waals surface area (Å²) in [5, 5.41) is 7.62. The van der Waals surface area contributed by atoms with Crippen LogP contribution in [-0.2, 0) is 5.67 Å². The second-order valence-electron chi connectivity index (χ2n) is 7.84. The van der Waals surface area contributed by atoms with E-state index in [4.69, 9.17) is 14.2 Å². The topological polar surface area (TPSA) is 66.4 Å². The molecule has 0 spiro atoms. The number of hydrogen-bond acceptors (Lipinski definition) is 9. The van der Waals surface area contributed by atoms with E-state index in [1.807, 2.05) is 52.5 Å². The molecule has 0 bridgehead atoms. The number of pyridine rings is 3. The molecule has 38 heavy (non-hydrogen) atoms. The minimum atomic E-state index is -2.35. The smallest absolute Gasteiger partial charge is 0.236 e. The van der Waals surface area contributed by atoms with Gasteiger partial charge in [0.2, 0.25) is 23.3 Å². The number of aromatic nitrogens is 3. The highest BCUT2D eigenvalue weighted by molar-refractivity contribution is 7.12. The van der Waals surface area contributed by atoms with Crippen LogP contribution in [0.15, 0.2) is 107 Å². The van der Waals surface area contributed by atoms with Gasteiger partial charge in [-0.1, -0.05) is 18.2 Å². The summed E-state index contributed by atoms with van der Waals surface area (Å²) < 4.78 is 35.2. The van der Waals surface area contributed by atoms with Crippen LogP contribution < -0.4 is 14.2 Å². The van der Waals surface area contributed by atoms with Crippen molar-refractivity contribution in [1.82, 2.24) is 15.0 Å². The summed E-state index contributed by atoms with van der Waals surface area (Å²) in [5.41, 5.74) is -2.16. The first-order valence-electron chi connectivity index (χ1n) is 11.4. The summed E-state index contributed by atoms with van der Waals surface area (Å²) in [7, 11) is 0. The first-order valence-corrected chi connectivity index (χ1v) is 14.1. The SMILES string of the molecule is FC(c1cccc(Oc2cccs2)n1)(c1cccc(Oc2cccs2)n1)c1cccc(Oc2cccs2)n1. The second-order valence-corrected chi connectivity index (χ2v) is 10.6. The van der Waals surface area contributed by atoms with Gasteiger partial charge in [0.15, 0.2) is 15.2 Å². The van der Waals surface area contributed by atoms with E-state index < -0.39 is 5.67 Å². The molecule has 6 heterocycles. The minimum Gasteiger partial charge on any atom is -0.428 e. The van der Waals surface area contributed by atoms with Crippen LogP contribution in [0.1, 0.15) is 17.1 Å². The summed E-state index contributed by atoms with van der Waals surface area (Å²) in [6.45, 7) is 0. The molecule has 0 atom stereocenters. The van der Waals surface area contributed by atoms with E-state index in [0.717, 1.165) is 0 Å². The second kappa shape index (κ2) is 10.7. The lowest BCUT2D eigenvalue weighted by Crippen LogP contribution is -2.28. The molecule has 6 aromatic rings. The molecule has 6 nitrogen and oxygen atoms in total. The third kappa shape index (κ3) is 5.14.